The maximum absolute atomic E-state index is 10.8. The highest BCUT2D eigenvalue weighted by molar-refractivity contribution is 5.77. The molecular weight excluding hydrogens is 324 g/mol. The molecule has 0 spiro atoms. The molecule has 5 heteroatoms. The Morgan fingerprint density at radius 3 is 2.58 bits per heavy atom. The molecule has 0 fully saturated rings. The molecule has 0 saturated carbocycles. The Labute approximate surface area is 152 Å². The third kappa shape index (κ3) is 2.88. The van der Waals surface area contributed by atoms with Crippen molar-refractivity contribution in [2.45, 2.75) is 46.4 Å². The second kappa shape index (κ2) is 6.57. The van der Waals surface area contributed by atoms with Crippen LogP contribution in [0.5, 0.6) is 0 Å². The Kier molecular flexibility index (Phi) is 4.24. The molecule has 0 amide bonds. The Morgan fingerprint density at radius 1 is 1.00 bits per heavy atom. The maximum Gasteiger partial charge on any atom is 0.109 e. The molecule has 0 radical (unpaired) electrons. The van der Waals surface area contributed by atoms with Gasteiger partial charge in [0.2, 0.25) is 0 Å². The normalized spacial score (nSPS) is 12.9. The van der Waals surface area contributed by atoms with Crippen molar-refractivity contribution in [2.75, 3.05) is 0 Å². The van der Waals surface area contributed by atoms with Gasteiger partial charge in [-0.15, -0.1) is 0 Å². The topological polar surface area (TPSA) is 55.9 Å². The van der Waals surface area contributed by atoms with Crippen molar-refractivity contribution in [3.63, 3.8) is 0 Å². The molecule has 0 bridgehead atoms. The molecule has 2 aromatic heterocycles. The smallest absolute Gasteiger partial charge is 0.109 e. The molecule has 0 aliphatic carbocycles. The van der Waals surface area contributed by atoms with E-state index in [4.69, 9.17) is 0 Å². The van der Waals surface area contributed by atoms with Crippen LogP contribution >= 0.6 is 0 Å². The van der Waals surface area contributed by atoms with Gasteiger partial charge in [-0.1, -0.05) is 19.1 Å². The minimum atomic E-state index is -0.517. The number of hydrogen-bond donors (Lipinski definition) is 1. The summed E-state index contributed by atoms with van der Waals surface area (Å²) in [4.78, 5) is 9.17. The number of hydrogen-bond acceptors (Lipinski definition) is 3. The average Bonchev–Trinajstić information content (AvgIpc) is 3.17. The lowest BCUT2D eigenvalue weighted by molar-refractivity contribution is 0.136. The minimum Gasteiger partial charge on any atom is -0.389 e. The van der Waals surface area contributed by atoms with Gasteiger partial charge in [0.25, 0.3) is 0 Å². The summed E-state index contributed by atoms with van der Waals surface area (Å²) in [5.41, 5.74) is 6.57. The summed E-state index contributed by atoms with van der Waals surface area (Å²) in [5, 5.41) is 10.8. The van der Waals surface area contributed by atoms with Crippen LogP contribution in [0.25, 0.3) is 22.1 Å². The zero-order chi connectivity index (χ0) is 18.3. The van der Waals surface area contributed by atoms with Crippen LogP contribution in [-0.4, -0.2) is 30.3 Å². The van der Waals surface area contributed by atoms with Gasteiger partial charge in [0, 0.05) is 6.42 Å². The number of aliphatic hydroxyl groups excluding tert-OH is 1. The van der Waals surface area contributed by atoms with E-state index in [1.807, 2.05) is 29.1 Å². The van der Waals surface area contributed by atoms with E-state index in [0.717, 1.165) is 34.3 Å². The van der Waals surface area contributed by atoms with Crippen molar-refractivity contribution >= 4 is 22.1 Å². The zero-order valence-electron chi connectivity index (χ0n) is 15.5. The van der Waals surface area contributed by atoms with Gasteiger partial charge in [-0.3, -0.25) is 0 Å². The quantitative estimate of drug-likeness (QED) is 0.599. The lowest BCUT2D eigenvalue weighted by Crippen LogP contribution is -2.23. The molecule has 1 unspecified atom stereocenters. The Hall–Kier alpha value is -2.66. The first-order valence-corrected chi connectivity index (χ1v) is 9.11. The summed E-state index contributed by atoms with van der Waals surface area (Å²) < 4.78 is 4.17. The molecular formula is C21H24N4O. The predicted molar refractivity (Wildman–Crippen MR) is 104 cm³/mol. The van der Waals surface area contributed by atoms with E-state index in [0.29, 0.717) is 13.1 Å². The molecule has 2 aromatic carbocycles. The molecule has 1 N–H and O–H groups in total. The van der Waals surface area contributed by atoms with Gasteiger partial charge in [0.05, 0.1) is 47.6 Å². The number of nitrogens with zero attached hydrogens (tertiary/aromatic N) is 4. The Balaban J connectivity index is 1.62. The van der Waals surface area contributed by atoms with Gasteiger partial charge in [-0.2, -0.15) is 0 Å². The number of para-hydroxylation sites is 2. The molecule has 26 heavy (non-hydrogen) atoms. The fraction of sp³-hybridized carbons (Fsp3) is 0.333. The molecule has 4 rings (SSSR count). The van der Waals surface area contributed by atoms with Gasteiger partial charge in [0.15, 0.2) is 0 Å². The van der Waals surface area contributed by atoms with Gasteiger partial charge >= 0.3 is 0 Å². The predicted octanol–water partition coefficient (Wildman–Crippen LogP) is 3.63. The third-order valence-electron chi connectivity index (χ3n) is 5.09. The number of rotatable bonds is 5. The molecule has 0 aliphatic heterocycles. The van der Waals surface area contributed by atoms with Gasteiger partial charge in [0.1, 0.15) is 5.82 Å². The maximum atomic E-state index is 10.8. The summed E-state index contributed by atoms with van der Waals surface area (Å²) in [6, 6.07) is 12.3. The molecule has 1 atom stereocenters. The Bertz CT molecular complexity index is 1080. The molecule has 2 heterocycles. The van der Waals surface area contributed by atoms with Crippen molar-refractivity contribution in [3.05, 3.63) is 59.7 Å². The number of fused-ring (bicyclic) bond motifs is 2. The lowest BCUT2D eigenvalue weighted by atomic mass is 10.1. The van der Waals surface area contributed by atoms with E-state index in [2.05, 4.69) is 53.5 Å². The van der Waals surface area contributed by atoms with Crippen molar-refractivity contribution < 1.29 is 5.11 Å². The first kappa shape index (κ1) is 16.8. The van der Waals surface area contributed by atoms with Gasteiger partial charge in [-0.25, -0.2) is 9.97 Å². The largest absolute Gasteiger partial charge is 0.389 e. The number of imidazole rings is 2. The standard InChI is InChI=1S/C21H24N4O/c1-4-21-23-17-7-5-6-8-19(17)25(21)12-16(26)11-24-13-22-18-9-14(2)15(3)10-20(18)24/h5-10,13,16,26H,4,11-12H2,1-3H3. The van der Waals surface area contributed by atoms with Crippen LogP contribution in [0.15, 0.2) is 42.7 Å². The van der Waals surface area contributed by atoms with Crippen LogP contribution in [0.3, 0.4) is 0 Å². The van der Waals surface area contributed by atoms with Crippen molar-refractivity contribution in [3.8, 4) is 0 Å². The second-order valence-corrected chi connectivity index (χ2v) is 6.96. The molecule has 0 saturated heterocycles. The second-order valence-electron chi connectivity index (χ2n) is 6.96. The summed E-state index contributed by atoms with van der Waals surface area (Å²) in [5.74, 6) is 1.01. The first-order chi connectivity index (χ1) is 12.6. The Morgan fingerprint density at radius 2 is 1.77 bits per heavy atom. The van der Waals surface area contributed by atoms with E-state index >= 15 is 0 Å². The fourth-order valence-corrected chi connectivity index (χ4v) is 3.55. The van der Waals surface area contributed by atoms with Crippen LogP contribution in [0.4, 0.5) is 0 Å². The van der Waals surface area contributed by atoms with Crippen molar-refractivity contribution in [1.82, 2.24) is 19.1 Å². The molecule has 134 valence electrons. The van der Waals surface area contributed by atoms with Crippen LogP contribution in [0, 0.1) is 13.8 Å². The average molecular weight is 348 g/mol. The molecule has 5 nitrogen and oxygen atoms in total. The highest BCUT2D eigenvalue weighted by Gasteiger charge is 2.15. The number of aromatic nitrogens is 4. The molecule has 4 aromatic rings. The number of aryl methyl sites for hydroxylation is 3. The summed E-state index contributed by atoms with van der Waals surface area (Å²) in [6.45, 7) is 7.33. The van der Waals surface area contributed by atoms with Crippen molar-refractivity contribution in [1.29, 1.82) is 0 Å². The third-order valence-corrected chi connectivity index (χ3v) is 5.09. The van der Waals surface area contributed by atoms with E-state index in [-0.39, 0.29) is 0 Å². The summed E-state index contributed by atoms with van der Waals surface area (Å²) >= 11 is 0. The monoisotopic (exact) mass is 348 g/mol. The highest BCUT2D eigenvalue weighted by atomic mass is 16.3. The lowest BCUT2D eigenvalue weighted by Gasteiger charge is -2.15. The van der Waals surface area contributed by atoms with Crippen LogP contribution in [0.1, 0.15) is 23.9 Å². The molecule has 0 aliphatic rings. The van der Waals surface area contributed by atoms with Crippen LogP contribution < -0.4 is 0 Å². The zero-order valence-corrected chi connectivity index (χ0v) is 15.5. The summed E-state index contributed by atoms with van der Waals surface area (Å²) in [6.07, 6.45) is 2.14. The highest BCUT2D eigenvalue weighted by Crippen LogP contribution is 2.20. The van der Waals surface area contributed by atoms with E-state index < -0.39 is 6.10 Å². The minimum absolute atomic E-state index is 0.509. The van der Waals surface area contributed by atoms with Crippen LogP contribution in [-0.2, 0) is 19.5 Å². The number of benzene rings is 2. The SMILES string of the molecule is CCc1nc2ccccc2n1CC(O)Cn1cnc2cc(C)c(C)cc21. The van der Waals surface area contributed by atoms with Crippen LogP contribution in [0.2, 0.25) is 0 Å². The fourth-order valence-electron chi connectivity index (χ4n) is 3.55. The van der Waals surface area contributed by atoms with E-state index in [1.54, 1.807) is 0 Å². The van der Waals surface area contributed by atoms with Gasteiger partial charge in [-0.05, 0) is 49.2 Å². The van der Waals surface area contributed by atoms with E-state index in [9.17, 15) is 5.11 Å². The number of aliphatic hydroxyl groups is 1. The van der Waals surface area contributed by atoms with Gasteiger partial charge < -0.3 is 14.2 Å². The van der Waals surface area contributed by atoms with E-state index in [1.165, 1.54) is 11.1 Å². The van der Waals surface area contributed by atoms with Crippen molar-refractivity contribution in [2.24, 2.45) is 0 Å². The summed E-state index contributed by atoms with van der Waals surface area (Å²) in [7, 11) is 0. The first-order valence-electron chi connectivity index (χ1n) is 9.11.